The Labute approximate surface area is 216 Å². The molecule has 192 valence electrons. The van der Waals surface area contributed by atoms with Crippen LogP contribution in [-0.4, -0.2) is 22.7 Å². The van der Waals surface area contributed by atoms with Gasteiger partial charge in [0.2, 0.25) is 0 Å². The predicted octanol–water partition coefficient (Wildman–Crippen LogP) is 8.67. The summed E-state index contributed by atoms with van der Waals surface area (Å²) in [5.74, 6) is 1.86. The van der Waals surface area contributed by atoms with E-state index in [0.717, 1.165) is 48.2 Å². The largest absolute Gasteiger partial charge is 0.513 e. The molecule has 0 saturated carbocycles. The number of hydrogen-bond acceptors (Lipinski definition) is 5. The van der Waals surface area contributed by atoms with Crippen molar-refractivity contribution in [2.45, 2.75) is 78.6 Å². The molecule has 5 nitrogen and oxygen atoms in total. The van der Waals surface area contributed by atoms with Gasteiger partial charge in [0.25, 0.3) is 0 Å². The van der Waals surface area contributed by atoms with E-state index in [1.807, 2.05) is 36.7 Å². The number of rotatable bonds is 14. The quantitative estimate of drug-likeness (QED) is 0.129. The molecular formula is C31H40N2O3. The number of carbonyl (C=O) groups is 1. The summed E-state index contributed by atoms with van der Waals surface area (Å²) in [6.45, 7) is 7.00. The number of benzene rings is 2. The molecule has 3 aromatic rings. The number of nitrogens with zero attached hydrogens (tertiary/aromatic N) is 2. The fourth-order valence-electron chi connectivity index (χ4n) is 4.01. The molecule has 1 atom stereocenters. The molecule has 0 unspecified atom stereocenters. The zero-order valence-corrected chi connectivity index (χ0v) is 22.0. The lowest BCUT2D eigenvalue weighted by molar-refractivity contribution is 0.0963. The van der Waals surface area contributed by atoms with Crippen LogP contribution in [0, 0.1) is 5.92 Å². The summed E-state index contributed by atoms with van der Waals surface area (Å²) < 4.78 is 10.5. The number of hydrogen-bond donors (Lipinski definition) is 0. The molecule has 0 spiro atoms. The van der Waals surface area contributed by atoms with Crippen LogP contribution in [0.4, 0.5) is 4.79 Å². The summed E-state index contributed by atoms with van der Waals surface area (Å²) in [5, 5.41) is 0. The number of ether oxygens (including phenoxy) is 2. The van der Waals surface area contributed by atoms with Gasteiger partial charge in [-0.3, -0.25) is 0 Å². The third kappa shape index (κ3) is 9.10. The third-order valence-corrected chi connectivity index (χ3v) is 6.56. The molecule has 0 bridgehead atoms. The van der Waals surface area contributed by atoms with Gasteiger partial charge in [-0.15, -0.1) is 0 Å². The highest BCUT2D eigenvalue weighted by atomic mass is 16.7. The van der Waals surface area contributed by atoms with E-state index in [0.29, 0.717) is 18.3 Å². The molecule has 0 saturated heterocycles. The van der Waals surface area contributed by atoms with E-state index < -0.39 is 6.16 Å². The van der Waals surface area contributed by atoms with Gasteiger partial charge in [-0.05, 0) is 60.4 Å². The van der Waals surface area contributed by atoms with Crippen LogP contribution in [0.25, 0.3) is 22.5 Å². The van der Waals surface area contributed by atoms with E-state index in [1.165, 1.54) is 37.7 Å². The smallest absolute Gasteiger partial charge is 0.434 e. The van der Waals surface area contributed by atoms with Gasteiger partial charge in [0, 0.05) is 18.0 Å². The zero-order chi connectivity index (χ0) is 25.6. The van der Waals surface area contributed by atoms with Crippen molar-refractivity contribution < 1.29 is 14.3 Å². The van der Waals surface area contributed by atoms with Gasteiger partial charge in [-0.25, -0.2) is 14.8 Å². The Morgan fingerprint density at radius 1 is 0.806 bits per heavy atom. The van der Waals surface area contributed by atoms with E-state index in [2.05, 4.69) is 42.9 Å². The number of unbranched alkanes of at least 4 members (excludes halogenated alkanes) is 4. The second-order valence-electron chi connectivity index (χ2n) is 9.54. The first kappa shape index (κ1) is 27.4. The fourth-order valence-corrected chi connectivity index (χ4v) is 4.01. The second-order valence-corrected chi connectivity index (χ2v) is 9.54. The monoisotopic (exact) mass is 488 g/mol. The van der Waals surface area contributed by atoms with Crippen molar-refractivity contribution in [3.63, 3.8) is 0 Å². The van der Waals surface area contributed by atoms with Gasteiger partial charge in [-0.2, -0.15) is 0 Å². The highest BCUT2D eigenvalue weighted by Crippen LogP contribution is 2.25. The first-order valence-corrected chi connectivity index (χ1v) is 13.5. The van der Waals surface area contributed by atoms with Crippen LogP contribution < -0.4 is 4.74 Å². The number of aryl methyl sites for hydroxylation is 1. The maximum Gasteiger partial charge on any atom is 0.513 e. The summed E-state index contributed by atoms with van der Waals surface area (Å²) in [5.41, 5.74) is 4.30. The Bertz CT molecular complexity index is 1030. The van der Waals surface area contributed by atoms with Gasteiger partial charge in [0.05, 0.1) is 6.61 Å². The van der Waals surface area contributed by atoms with Crippen LogP contribution in [-0.2, 0) is 11.2 Å². The molecule has 0 amide bonds. The van der Waals surface area contributed by atoms with Crippen molar-refractivity contribution in [2.24, 2.45) is 5.92 Å². The van der Waals surface area contributed by atoms with Crippen molar-refractivity contribution in [1.29, 1.82) is 0 Å². The molecule has 0 radical (unpaired) electrons. The standard InChI is InChI=1S/C31H40N2O3/c1-4-6-7-8-9-12-25-22-32-30(33-23-25)28-15-13-26(14-16-28)27-17-19-29(20-18-27)36-31(34)35-21-10-11-24(3)5-2/h13-20,22-24H,4-12,21H2,1-3H3/t24-/m0/s1. The molecule has 1 aromatic heterocycles. The highest BCUT2D eigenvalue weighted by Gasteiger charge is 2.08. The summed E-state index contributed by atoms with van der Waals surface area (Å²) >= 11 is 0. The number of aromatic nitrogens is 2. The Kier molecular flexibility index (Phi) is 11.4. The number of carbonyl (C=O) groups excluding carboxylic acids is 1. The van der Waals surface area contributed by atoms with E-state index in [4.69, 9.17) is 9.47 Å². The van der Waals surface area contributed by atoms with E-state index >= 15 is 0 Å². The van der Waals surface area contributed by atoms with E-state index in [9.17, 15) is 4.79 Å². The van der Waals surface area contributed by atoms with E-state index in [1.54, 1.807) is 12.1 Å². The zero-order valence-electron chi connectivity index (χ0n) is 22.0. The normalized spacial score (nSPS) is 11.8. The van der Waals surface area contributed by atoms with Crippen molar-refractivity contribution in [2.75, 3.05) is 6.61 Å². The third-order valence-electron chi connectivity index (χ3n) is 6.56. The van der Waals surface area contributed by atoms with Crippen LogP contribution >= 0.6 is 0 Å². The highest BCUT2D eigenvalue weighted by molar-refractivity contribution is 5.69. The Morgan fingerprint density at radius 2 is 1.42 bits per heavy atom. The molecule has 0 N–H and O–H groups in total. The lowest BCUT2D eigenvalue weighted by Crippen LogP contribution is -2.12. The predicted molar refractivity (Wildman–Crippen MR) is 146 cm³/mol. The molecule has 0 fully saturated rings. The van der Waals surface area contributed by atoms with Gasteiger partial charge >= 0.3 is 6.16 Å². The van der Waals surface area contributed by atoms with Crippen molar-refractivity contribution in [3.05, 3.63) is 66.5 Å². The average Bonchev–Trinajstić information content (AvgIpc) is 2.92. The van der Waals surface area contributed by atoms with Crippen molar-refractivity contribution in [1.82, 2.24) is 9.97 Å². The lowest BCUT2D eigenvalue weighted by Gasteiger charge is -2.09. The molecule has 0 aliphatic heterocycles. The van der Waals surface area contributed by atoms with Crippen LogP contribution in [0.5, 0.6) is 5.75 Å². The van der Waals surface area contributed by atoms with Crippen LogP contribution in [0.3, 0.4) is 0 Å². The molecule has 0 aliphatic carbocycles. The van der Waals surface area contributed by atoms with Crippen LogP contribution in [0.1, 0.15) is 77.7 Å². The minimum Gasteiger partial charge on any atom is -0.434 e. The summed E-state index contributed by atoms with van der Waals surface area (Å²) in [6.07, 6.45) is 13.7. The van der Waals surface area contributed by atoms with E-state index in [-0.39, 0.29) is 0 Å². The molecule has 2 aromatic carbocycles. The van der Waals surface area contributed by atoms with Crippen LogP contribution in [0.2, 0.25) is 0 Å². The van der Waals surface area contributed by atoms with Crippen LogP contribution in [0.15, 0.2) is 60.9 Å². The molecule has 5 heteroatoms. The molecule has 36 heavy (non-hydrogen) atoms. The molecule has 1 heterocycles. The molecule has 3 rings (SSSR count). The van der Waals surface area contributed by atoms with Crippen molar-refractivity contribution >= 4 is 6.16 Å². The Morgan fingerprint density at radius 3 is 2.06 bits per heavy atom. The van der Waals surface area contributed by atoms with Gasteiger partial charge in [-0.1, -0.05) is 89.3 Å². The van der Waals surface area contributed by atoms with Crippen molar-refractivity contribution in [3.8, 4) is 28.3 Å². The molecule has 0 aliphatic rings. The first-order valence-electron chi connectivity index (χ1n) is 13.5. The average molecular weight is 489 g/mol. The first-order chi connectivity index (χ1) is 17.6. The SMILES string of the molecule is CCCCCCCc1cnc(-c2ccc(-c3ccc(OC(=O)OCCC[C@@H](C)CC)cc3)cc2)nc1. The minimum absolute atomic E-state index is 0.388. The second kappa shape index (κ2) is 15.0. The summed E-state index contributed by atoms with van der Waals surface area (Å²) in [6, 6.07) is 15.6. The summed E-state index contributed by atoms with van der Waals surface area (Å²) in [7, 11) is 0. The lowest BCUT2D eigenvalue weighted by atomic mass is 10.0. The maximum absolute atomic E-state index is 11.9. The topological polar surface area (TPSA) is 61.3 Å². The minimum atomic E-state index is -0.654. The fraction of sp³-hybridized carbons (Fsp3) is 0.452. The van der Waals surface area contributed by atoms with Gasteiger partial charge in [0.15, 0.2) is 5.82 Å². The summed E-state index contributed by atoms with van der Waals surface area (Å²) in [4.78, 5) is 21.1. The van der Waals surface area contributed by atoms with Gasteiger partial charge in [0.1, 0.15) is 5.75 Å². The Balaban J connectivity index is 1.48. The van der Waals surface area contributed by atoms with Gasteiger partial charge < -0.3 is 9.47 Å². The Hall–Kier alpha value is -3.21. The molecular weight excluding hydrogens is 448 g/mol. The maximum atomic E-state index is 11.9.